The van der Waals surface area contributed by atoms with Gasteiger partial charge in [-0.25, -0.2) is 10.9 Å². The largest absolute Gasteiger partial charge is 0.235 e. The predicted octanol–water partition coefficient (Wildman–Crippen LogP) is 1.92. The fraction of sp³-hybridized carbons (Fsp3) is 1.00. The molecular formula is C9H18N2. The Hall–Kier alpha value is -0.0800. The van der Waals surface area contributed by atoms with Crippen LogP contribution in [0.15, 0.2) is 0 Å². The monoisotopic (exact) mass is 154 g/mol. The Morgan fingerprint density at radius 1 is 0.636 bits per heavy atom. The van der Waals surface area contributed by atoms with Crippen molar-refractivity contribution in [2.45, 2.75) is 57.0 Å². The first-order valence-electron chi connectivity index (χ1n) is 4.96. The molecule has 0 aromatic rings. The molecule has 2 fully saturated rings. The van der Waals surface area contributed by atoms with Crippen molar-refractivity contribution >= 4 is 0 Å². The zero-order chi connectivity index (χ0) is 7.57. The zero-order valence-corrected chi connectivity index (χ0v) is 7.16. The fourth-order valence-corrected chi connectivity index (χ4v) is 2.02. The zero-order valence-electron chi connectivity index (χ0n) is 7.16. The van der Waals surface area contributed by atoms with Gasteiger partial charge in [0.25, 0.3) is 0 Å². The highest BCUT2D eigenvalue weighted by molar-refractivity contribution is 4.93. The van der Waals surface area contributed by atoms with E-state index in [9.17, 15) is 0 Å². The Bertz CT molecular complexity index is 118. The second-order valence-corrected chi connectivity index (χ2v) is 3.95. The maximum Gasteiger partial charge on any atom is 0.0943 e. The third-order valence-electron chi connectivity index (χ3n) is 2.94. The smallest absolute Gasteiger partial charge is 0.0943 e. The topological polar surface area (TPSA) is 43.9 Å². The van der Waals surface area contributed by atoms with E-state index < -0.39 is 0 Å². The molecule has 1 saturated heterocycles. The summed E-state index contributed by atoms with van der Waals surface area (Å²) < 4.78 is 0. The quantitative estimate of drug-likeness (QED) is 0.523. The summed E-state index contributed by atoms with van der Waals surface area (Å²) in [6.07, 6.45) is 11.3. The molecule has 2 nitrogen and oxygen atoms in total. The normalized spacial score (nSPS) is 30.5. The molecule has 0 amide bonds. The molecular weight excluding hydrogens is 136 g/mol. The third-order valence-corrected chi connectivity index (χ3v) is 2.94. The van der Waals surface area contributed by atoms with Crippen molar-refractivity contribution in [3.05, 3.63) is 0 Å². The van der Waals surface area contributed by atoms with Gasteiger partial charge < -0.3 is 0 Å². The first-order valence-corrected chi connectivity index (χ1v) is 4.96. The minimum atomic E-state index is 0.393. The molecule has 0 unspecified atom stereocenters. The highest BCUT2D eigenvalue weighted by atomic mass is 15.7. The van der Waals surface area contributed by atoms with Gasteiger partial charge >= 0.3 is 0 Å². The molecule has 11 heavy (non-hydrogen) atoms. The molecule has 1 saturated carbocycles. The van der Waals surface area contributed by atoms with Crippen LogP contribution in [-0.4, -0.2) is 5.66 Å². The Labute approximate surface area is 68.7 Å². The Morgan fingerprint density at radius 2 is 1.09 bits per heavy atom. The number of hydrazine groups is 1. The summed E-state index contributed by atoms with van der Waals surface area (Å²) >= 11 is 0. The van der Waals surface area contributed by atoms with Crippen LogP contribution >= 0.6 is 0 Å². The number of nitrogens with one attached hydrogen (secondary N) is 2. The molecule has 0 aromatic carbocycles. The molecule has 1 heterocycles. The minimum Gasteiger partial charge on any atom is -0.235 e. The summed E-state index contributed by atoms with van der Waals surface area (Å²) in [5.41, 5.74) is 6.98. The lowest BCUT2D eigenvalue weighted by molar-refractivity contribution is 0.481. The summed E-state index contributed by atoms with van der Waals surface area (Å²) in [5.74, 6) is 0. The predicted molar refractivity (Wildman–Crippen MR) is 45.9 cm³/mol. The van der Waals surface area contributed by atoms with Crippen molar-refractivity contribution in [3.8, 4) is 0 Å². The second kappa shape index (κ2) is 3.11. The Balaban J connectivity index is 1.82. The van der Waals surface area contributed by atoms with E-state index >= 15 is 0 Å². The molecule has 0 radical (unpaired) electrons. The van der Waals surface area contributed by atoms with Gasteiger partial charge in [-0.1, -0.05) is 38.5 Å². The molecule has 64 valence electrons. The molecule has 0 bridgehead atoms. The van der Waals surface area contributed by atoms with Crippen molar-refractivity contribution in [2.24, 2.45) is 0 Å². The molecule has 1 aliphatic heterocycles. The van der Waals surface area contributed by atoms with Gasteiger partial charge in [0.2, 0.25) is 0 Å². The van der Waals surface area contributed by atoms with Crippen molar-refractivity contribution in [3.63, 3.8) is 0 Å². The van der Waals surface area contributed by atoms with Crippen LogP contribution < -0.4 is 10.9 Å². The molecule has 2 rings (SSSR count). The van der Waals surface area contributed by atoms with Crippen LogP contribution in [0.2, 0.25) is 0 Å². The van der Waals surface area contributed by atoms with Crippen LogP contribution in [0.3, 0.4) is 0 Å². The fourth-order valence-electron chi connectivity index (χ4n) is 2.02. The molecule has 2 heteroatoms. The van der Waals surface area contributed by atoms with Gasteiger partial charge in [-0.05, 0) is 12.8 Å². The van der Waals surface area contributed by atoms with E-state index in [1.165, 1.54) is 51.4 Å². The van der Waals surface area contributed by atoms with Gasteiger partial charge in [0.05, 0.1) is 5.66 Å². The van der Waals surface area contributed by atoms with E-state index in [1.54, 1.807) is 0 Å². The highest BCUT2D eigenvalue weighted by Crippen LogP contribution is 2.28. The molecule has 2 aliphatic rings. The summed E-state index contributed by atoms with van der Waals surface area (Å²) in [4.78, 5) is 0. The van der Waals surface area contributed by atoms with Crippen LogP contribution in [0.4, 0.5) is 0 Å². The van der Waals surface area contributed by atoms with Crippen LogP contribution in [-0.2, 0) is 0 Å². The summed E-state index contributed by atoms with van der Waals surface area (Å²) in [6, 6.07) is 0. The summed E-state index contributed by atoms with van der Waals surface area (Å²) in [5, 5.41) is 0. The SMILES string of the molecule is C1CCCCC2(CCC1)NN2. The van der Waals surface area contributed by atoms with Gasteiger partial charge in [0, 0.05) is 0 Å². The Morgan fingerprint density at radius 3 is 1.55 bits per heavy atom. The number of rotatable bonds is 0. The van der Waals surface area contributed by atoms with Crippen LogP contribution in [0.1, 0.15) is 51.4 Å². The molecule has 2 N–H and O–H groups in total. The first-order chi connectivity index (χ1) is 5.41. The molecule has 0 atom stereocenters. The van der Waals surface area contributed by atoms with Gasteiger partial charge in [-0.15, -0.1) is 0 Å². The van der Waals surface area contributed by atoms with E-state index in [-0.39, 0.29) is 0 Å². The first kappa shape index (κ1) is 7.56. The van der Waals surface area contributed by atoms with Crippen molar-refractivity contribution in [1.29, 1.82) is 0 Å². The van der Waals surface area contributed by atoms with Gasteiger partial charge in [-0.2, -0.15) is 0 Å². The van der Waals surface area contributed by atoms with E-state index in [1.807, 2.05) is 0 Å². The van der Waals surface area contributed by atoms with Crippen LogP contribution in [0, 0.1) is 0 Å². The second-order valence-electron chi connectivity index (χ2n) is 3.95. The van der Waals surface area contributed by atoms with Crippen LogP contribution in [0.5, 0.6) is 0 Å². The maximum absolute atomic E-state index is 3.30. The number of hydrogen-bond donors (Lipinski definition) is 2. The van der Waals surface area contributed by atoms with E-state index in [2.05, 4.69) is 10.9 Å². The van der Waals surface area contributed by atoms with E-state index in [0.717, 1.165) is 0 Å². The summed E-state index contributed by atoms with van der Waals surface area (Å²) in [7, 11) is 0. The molecule has 1 spiro atoms. The van der Waals surface area contributed by atoms with E-state index in [4.69, 9.17) is 0 Å². The lowest BCUT2D eigenvalue weighted by atomic mass is 10.0. The highest BCUT2D eigenvalue weighted by Gasteiger charge is 2.40. The van der Waals surface area contributed by atoms with E-state index in [0.29, 0.717) is 5.66 Å². The molecule has 0 aromatic heterocycles. The van der Waals surface area contributed by atoms with Crippen molar-refractivity contribution in [1.82, 2.24) is 10.9 Å². The minimum absolute atomic E-state index is 0.393. The van der Waals surface area contributed by atoms with Gasteiger partial charge in [0.1, 0.15) is 0 Å². The average molecular weight is 154 g/mol. The lowest BCUT2D eigenvalue weighted by Crippen LogP contribution is -2.16. The van der Waals surface area contributed by atoms with Gasteiger partial charge in [0.15, 0.2) is 0 Å². The van der Waals surface area contributed by atoms with Gasteiger partial charge in [-0.3, -0.25) is 0 Å². The standard InChI is InChI=1S/C9H18N2/c1-2-4-6-8-9(10-11-9)7-5-3-1/h10-11H,1-8H2. The maximum atomic E-state index is 3.30. The molecule has 1 aliphatic carbocycles. The number of hydrogen-bond acceptors (Lipinski definition) is 2. The van der Waals surface area contributed by atoms with Crippen molar-refractivity contribution in [2.75, 3.05) is 0 Å². The van der Waals surface area contributed by atoms with Crippen molar-refractivity contribution < 1.29 is 0 Å². The average Bonchev–Trinajstić information content (AvgIpc) is 2.70. The lowest BCUT2D eigenvalue weighted by Gasteiger charge is -2.08. The summed E-state index contributed by atoms with van der Waals surface area (Å²) in [6.45, 7) is 0. The Kier molecular flexibility index (Phi) is 2.14. The third kappa shape index (κ3) is 1.94. The van der Waals surface area contributed by atoms with Crippen LogP contribution in [0.25, 0.3) is 0 Å².